The molecule has 0 saturated carbocycles. The van der Waals surface area contributed by atoms with Crippen LogP contribution in [0.2, 0.25) is 0 Å². The number of likely N-dealkylation sites (N-methyl/N-ethyl adjacent to an activating group) is 1. The van der Waals surface area contributed by atoms with Gasteiger partial charge in [-0.2, -0.15) is 0 Å². The molecule has 2 aromatic rings. The van der Waals surface area contributed by atoms with Crippen LogP contribution in [0.15, 0.2) is 49.3 Å². The second kappa shape index (κ2) is 7.36. The van der Waals surface area contributed by atoms with E-state index in [0.29, 0.717) is 23.3 Å². The summed E-state index contributed by atoms with van der Waals surface area (Å²) in [6.45, 7) is 6.01. The SMILES string of the molecule is CC1=CN2CC(c3cc4c(F)cc(N5CCCN(C)CC5)cc4oc3=O)N=C2C=N1. The van der Waals surface area contributed by atoms with E-state index in [-0.39, 0.29) is 11.4 Å². The minimum Gasteiger partial charge on any atom is -0.422 e. The fraction of sp³-hybridized carbons (Fsp3) is 0.409. The van der Waals surface area contributed by atoms with Gasteiger partial charge in [0.05, 0.1) is 29.4 Å². The fourth-order valence-electron chi connectivity index (χ4n) is 4.26. The molecule has 7 nitrogen and oxygen atoms in total. The topological polar surface area (TPSA) is 64.7 Å². The lowest BCUT2D eigenvalue weighted by Gasteiger charge is -2.23. The molecular formula is C22H24FN5O2. The summed E-state index contributed by atoms with van der Waals surface area (Å²) in [5, 5.41) is 0.311. The second-order valence-corrected chi connectivity index (χ2v) is 8.16. The van der Waals surface area contributed by atoms with Crippen LogP contribution in [0.1, 0.15) is 24.9 Å². The van der Waals surface area contributed by atoms with Gasteiger partial charge in [-0.3, -0.25) is 9.98 Å². The minimum atomic E-state index is -0.471. The molecule has 4 heterocycles. The predicted octanol–water partition coefficient (Wildman–Crippen LogP) is 2.77. The maximum Gasteiger partial charge on any atom is 0.341 e. The molecular weight excluding hydrogens is 385 g/mol. The molecule has 1 unspecified atom stereocenters. The van der Waals surface area contributed by atoms with Crippen LogP contribution >= 0.6 is 0 Å². The third-order valence-corrected chi connectivity index (χ3v) is 5.94. The molecule has 1 atom stereocenters. The molecule has 0 aliphatic carbocycles. The molecule has 156 valence electrons. The molecule has 0 amide bonds. The largest absolute Gasteiger partial charge is 0.422 e. The van der Waals surface area contributed by atoms with Gasteiger partial charge in [0, 0.05) is 37.6 Å². The lowest BCUT2D eigenvalue weighted by molar-refractivity contribution is 0.360. The zero-order valence-electron chi connectivity index (χ0n) is 17.1. The Morgan fingerprint density at radius 2 is 2.03 bits per heavy atom. The summed E-state index contributed by atoms with van der Waals surface area (Å²) in [5.41, 5.74) is 1.80. The number of nitrogens with zero attached hydrogens (tertiary/aromatic N) is 5. The van der Waals surface area contributed by atoms with E-state index in [1.165, 1.54) is 0 Å². The van der Waals surface area contributed by atoms with Crippen molar-refractivity contribution in [3.63, 3.8) is 0 Å². The summed E-state index contributed by atoms with van der Waals surface area (Å²) in [6, 6.07) is 4.50. The van der Waals surface area contributed by atoms with Gasteiger partial charge in [0.25, 0.3) is 0 Å². The fourth-order valence-corrected chi connectivity index (χ4v) is 4.26. The molecule has 30 heavy (non-hydrogen) atoms. The number of rotatable bonds is 2. The first kappa shape index (κ1) is 19.0. The molecule has 0 bridgehead atoms. The minimum absolute atomic E-state index is 0.275. The van der Waals surface area contributed by atoms with Gasteiger partial charge in [-0.15, -0.1) is 0 Å². The van der Waals surface area contributed by atoms with Crippen LogP contribution in [-0.2, 0) is 0 Å². The maximum atomic E-state index is 15.0. The Balaban J connectivity index is 1.49. The number of hydrogen-bond donors (Lipinski definition) is 0. The normalized spacial score (nSPS) is 22.2. The molecule has 0 radical (unpaired) electrons. The van der Waals surface area contributed by atoms with E-state index in [9.17, 15) is 4.79 Å². The molecule has 5 rings (SSSR count). The van der Waals surface area contributed by atoms with Gasteiger partial charge in [0.2, 0.25) is 0 Å². The predicted molar refractivity (Wildman–Crippen MR) is 116 cm³/mol. The lowest BCUT2D eigenvalue weighted by Crippen LogP contribution is -2.28. The highest BCUT2D eigenvalue weighted by Crippen LogP contribution is 2.30. The highest BCUT2D eigenvalue weighted by Gasteiger charge is 2.29. The van der Waals surface area contributed by atoms with E-state index in [0.717, 1.165) is 44.0 Å². The van der Waals surface area contributed by atoms with Crippen LogP contribution in [0.4, 0.5) is 10.1 Å². The van der Waals surface area contributed by atoms with Gasteiger partial charge in [-0.05, 0) is 39.1 Å². The van der Waals surface area contributed by atoms with Crippen molar-refractivity contribution in [2.24, 2.45) is 9.98 Å². The van der Waals surface area contributed by atoms with Crippen LogP contribution in [0.5, 0.6) is 0 Å². The quantitative estimate of drug-likeness (QED) is 0.714. The number of halogens is 1. The van der Waals surface area contributed by atoms with E-state index < -0.39 is 11.7 Å². The van der Waals surface area contributed by atoms with Crippen LogP contribution in [0.3, 0.4) is 0 Å². The van der Waals surface area contributed by atoms with Crippen molar-refractivity contribution in [1.29, 1.82) is 0 Å². The average molecular weight is 409 g/mol. The zero-order chi connectivity index (χ0) is 20.8. The molecule has 0 spiro atoms. The molecule has 1 aromatic heterocycles. The Bertz CT molecular complexity index is 1150. The number of hydrogen-bond acceptors (Lipinski definition) is 7. The Hall–Kier alpha value is -3.00. The highest BCUT2D eigenvalue weighted by atomic mass is 19.1. The molecule has 8 heteroatoms. The Labute approximate surface area is 173 Å². The standard InChI is InChI=1S/C22H24FN5O2/c1-14-12-28-13-19(25-21(28)11-24-14)17-10-16-18(23)8-15(9-20(16)30-22(17)29)27-5-3-4-26(2)6-7-27/h8-12,19H,3-7,13H2,1-2H3. The summed E-state index contributed by atoms with van der Waals surface area (Å²) in [7, 11) is 2.09. The molecule has 1 fully saturated rings. The van der Waals surface area contributed by atoms with E-state index in [2.05, 4.69) is 26.8 Å². The number of anilines is 1. The van der Waals surface area contributed by atoms with Crippen molar-refractivity contribution in [3.05, 3.63) is 51.9 Å². The number of amidine groups is 1. The van der Waals surface area contributed by atoms with Crippen LogP contribution < -0.4 is 10.5 Å². The van der Waals surface area contributed by atoms with Crippen LogP contribution in [-0.4, -0.2) is 61.6 Å². The van der Waals surface area contributed by atoms with E-state index >= 15 is 4.39 Å². The third kappa shape index (κ3) is 3.41. The van der Waals surface area contributed by atoms with Crippen molar-refractivity contribution in [1.82, 2.24) is 9.80 Å². The van der Waals surface area contributed by atoms with Gasteiger partial charge in [-0.1, -0.05) is 0 Å². The van der Waals surface area contributed by atoms with Gasteiger partial charge < -0.3 is 19.1 Å². The van der Waals surface area contributed by atoms with E-state index in [1.807, 2.05) is 18.0 Å². The zero-order valence-corrected chi connectivity index (χ0v) is 17.1. The Morgan fingerprint density at radius 3 is 2.90 bits per heavy atom. The second-order valence-electron chi connectivity index (χ2n) is 8.16. The summed E-state index contributed by atoms with van der Waals surface area (Å²) in [5.74, 6) is 0.317. The molecule has 1 aromatic carbocycles. The smallest absolute Gasteiger partial charge is 0.341 e. The van der Waals surface area contributed by atoms with Gasteiger partial charge in [0.1, 0.15) is 23.3 Å². The number of fused-ring (bicyclic) bond motifs is 2. The first-order valence-corrected chi connectivity index (χ1v) is 10.3. The molecule has 3 aliphatic heterocycles. The first-order valence-electron chi connectivity index (χ1n) is 10.3. The highest BCUT2D eigenvalue weighted by molar-refractivity contribution is 6.31. The first-order chi connectivity index (χ1) is 14.5. The third-order valence-electron chi connectivity index (χ3n) is 5.94. The van der Waals surface area contributed by atoms with Crippen LogP contribution in [0, 0.1) is 5.82 Å². The van der Waals surface area contributed by atoms with Crippen molar-refractivity contribution >= 4 is 28.7 Å². The summed E-state index contributed by atoms with van der Waals surface area (Å²) in [6.07, 6.45) is 4.59. The Kier molecular flexibility index (Phi) is 4.66. The molecule has 3 aliphatic rings. The van der Waals surface area contributed by atoms with E-state index in [1.54, 1.807) is 24.4 Å². The van der Waals surface area contributed by atoms with Crippen molar-refractivity contribution in [2.45, 2.75) is 19.4 Å². The maximum absolute atomic E-state index is 15.0. The molecule has 0 N–H and O–H groups in total. The van der Waals surface area contributed by atoms with Gasteiger partial charge in [-0.25, -0.2) is 9.18 Å². The van der Waals surface area contributed by atoms with Crippen molar-refractivity contribution in [2.75, 3.05) is 44.7 Å². The Morgan fingerprint density at radius 1 is 1.17 bits per heavy atom. The van der Waals surface area contributed by atoms with Gasteiger partial charge >= 0.3 is 5.63 Å². The summed E-state index contributed by atoms with van der Waals surface area (Å²) < 4.78 is 20.6. The number of benzene rings is 1. The van der Waals surface area contributed by atoms with Crippen LogP contribution in [0.25, 0.3) is 11.0 Å². The lowest BCUT2D eigenvalue weighted by atomic mass is 10.1. The summed E-state index contributed by atoms with van der Waals surface area (Å²) >= 11 is 0. The monoisotopic (exact) mass is 409 g/mol. The van der Waals surface area contributed by atoms with E-state index in [4.69, 9.17) is 4.42 Å². The van der Waals surface area contributed by atoms with Crippen molar-refractivity contribution < 1.29 is 8.81 Å². The number of allylic oxidation sites excluding steroid dienone is 1. The van der Waals surface area contributed by atoms with Crippen molar-refractivity contribution in [3.8, 4) is 0 Å². The average Bonchev–Trinajstić information content (AvgIpc) is 2.99. The molecule has 1 saturated heterocycles. The number of aliphatic imine (C=N–C) groups is 2. The van der Waals surface area contributed by atoms with Gasteiger partial charge in [0.15, 0.2) is 0 Å². The summed E-state index contributed by atoms with van der Waals surface area (Å²) in [4.78, 5) is 27.9.